The zero-order chi connectivity index (χ0) is 27.3. The molecule has 0 heterocycles. The second-order valence-electron chi connectivity index (χ2n) is 8.39. The van der Waals surface area contributed by atoms with Crippen molar-refractivity contribution < 1.29 is 21.6 Å². The maximum atomic E-state index is 12.7. The van der Waals surface area contributed by atoms with Crippen LogP contribution in [0, 0.1) is 0 Å². The third kappa shape index (κ3) is 6.91. The molecule has 1 amide bonds. The van der Waals surface area contributed by atoms with Crippen molar-refractivity contribution in [3.05, 3.63) is 119 Å². The van der Waals surface area contributed by atoms with Gasteiger partial charge in [0.05, 0.1) is 23.4 Å². The van der Waals surface area contributed by atoms with Crippen LogP contribution >= 0.6 is 11.6 Å². The van der Waals surface area contributed by atoms with Gasteiger partial charge in [-0.05, 0) is 78.4 Å². The van der Waals surface area contributed by atoms with Crippen LogP contribution in [0.5, 0.6) is 0 Å². The summed E-state index contributed by atoms with van der Waals surface area (Å²) in [6.07, 6.45) is 1.13. The van der Waals surface area contributed by atoms with Crippen molar-refractivity contribution in [2.24, 2.45) is 0 Å². The van der Waals surface area contributed by atoms with Gasteiger partial charge in [0, 0.05) is 22.0 Å². The van der Waals surface area contributed by atoms with E-state index in [0.29, 0.717) is 27.6 Å². The third-order valence-corrected chi connectivity index (χ3v) is 8.30. The average Bonchev–Trinajstić information content (AvgIpc) is 2.89. The zero-order valence-electron chi connectivity index (χ0n) is 20.2. The van der Waals surface area contributed by atoms with Crippen molar-refractivity contribution >= 4 is 54.6 Å². The molecule has 0 aromatic heterocycles. The SMILES string of the molecule is CS(=O)(=O)N(Cc1ccccc1)c1ccc(C(=O)Nc2ccc(S(=O)(=O)Nc3ccc(Cl)cc3)cc2)cc1. The molecule has 0 aliphatic rings. The van der Waals surface area contributed by atoms with Crippen molar-refractivity contribution in [2.45, 2.75) is 11.4 Å². The van der Waals surface area contributed by atoms with E-state index in [2.05, 4.69) is 10.0 Å². The van der Waals surface area contributed by atoms with Crippen molar-refractivity contribution in [1.82, 2.24) is 0 Å². The zero-order valence-corrected chi connectivity index (χ0v) is 22.6. The van der Waals surface area contributed by atoms with E-state index in [4.69, 9.17) is 11.6 Å². The molecule has 2 N–H and O–H groups in total. The summed E-state index contributed by atoms with van der Waals surface area (Å²) in [5.41, 5.74) is 2.33. The summed E-state index contributed by atoms with van der Waals surface area (Å²) >= 11 is 5.83. The number of benzene rings is 4. The third-order valence-electron chi connectivity index (χ3n) is 5.51. The lowest BCUT2D eigenvalue weighted by atomic mass is 10.1. The molecule has 196 valence electrons. The standard InChI is InChI=1S/C27H24ClN3O5S2/c1-37(33,34)31(19-20-5-3-2-4-6-20)25-15-7-21(8-16-25)27(32)29-23-13-17-26(18-14-23)38(35,36)30-24-11-9-22(28)10-12-24/h2-18,30H,19H2,1H3,(H,29,32). The first-order valence-corrected chi connectivity index (χ1v) is 15.0. The highest BCUT2D eigenvalue weighted by atomic mass is 35.5. The highest BCUT2D eigenvalue weighted by Crippen LogP contribution is 2.23. The fraction of sp³-hybridized carbons (Fsp3) is 0.0741. The number of hydrogen-bond acceptors (Lipinski definition) is 5. The fourth-order valence-corrected chi connectivity index (χ4v) is 5.65. The van der Waals surface area contributed by atoms with Crippen molar-refractivity contribution in [2.75, 3.05) is 20.6 Å². The second kappa shape index (κ2) is 11.3. The molecule has 38 heavy (non-hydrogen) atoms. The molecule has 0 unspecified atom stereocenters. The van der Waals surface area contributed by atoms with Gasteiger partial charge in [-0.2, -0.15) is 0 Å². The van der Waals surface area contributed by atoms with Gasteiger partial charge in [0.25, 0.3) is 15.9 Å². The summed E-state index contributed by atoms with van der Waals surface area (Å²) < 4.78 is 53.8. The number of nitrogens with zero attached hydrogens (tertiary/aromatic N) is 1. The summed E-state index contributed by atoms with van der Waals surface area (Å²) in [6.45, 7) is 0.160. The molecule has 4 aromatic rings. The molecule has 8 nitrogen and oxygen atoms in total. The minimum Gasteiger partial charge on any atom is -0.322 e. The van der Waals surface area contributed by atoms with Gasteiger partial charge >= 0.3 is 0 Å². The Balaban J connectivity index is 1.44. The normalized spacial score (nSPS) is 11.5. The van der Waals surface area contributed by atoms with E-state index in [1.54, 1.807) is 36.4 Å². The number of hydrogen-bond donors (Lipinski definition) is 2. The van der Waals surface area contributed by atoms with Crippen LogP contribution in [0.4, 0.5) is 17.1 Å². The quantitative estimate of drug-likeness (QED) is 0.282. The van der Waals surface area contributed by atoms with Gasteiger partial charge in [-0.25, -0.2) is 16.8 Å². The van der Waals surface area contributed by atoms with Gasteiger partial charge in [0.1, 0.15) is 0 Å². The molecule has 0 radical (unpaired) electrons. The maximum absolute atomic E-state index is 12.7. The highest BCUT2D eigenvalue weighted by Gasteiger charge is 2.19. The smallest absolute Gasteiger partial charge is 0.261 e. The van der Waals surface area contributed by atoms with Gasteiger partial charge in [0.2, 0.25) is 10.0 Å². The second-order valence-corrected chi connectivity index (χ2v) is 12.4. The lowest BCUT2D eigenvalue weighted by molar-refractivity contribution is 0.102. The molecule has 0 aliphatic carbocycles. The summed E-state index contributed by atoms with van der Waals surface area (Å²) in [7, 11) is -7.39. The molecule has 4 rings (SSSR count). The monoisotopic (exact) mass is 569 g/mol. The molecule has 0 fully saturated rings. The van der Waals surface area contributed by atoms with E-state index in [0.717, 1.165) is 11.8 Å². The molecule has 4 aromatic carbocycles. The van der Waals surface area contributed by atoms with Crippen molar-refractivity contribution in [3.8, 4) is 0 Å². The molecule has 11 heteroatoms. The fourth-order valence-electron chi connectivity index (χ4n) is 3.58. The van der Waals surface area contributed by atoms with Crippen LogP contribution in [0.15, 0.2) is 108 Å². The Bertz CT molecular complexity index is 1630. The Kier molecular flexibility index (Phi) is 8.05. The summed E-state index contributed by atoms with van der Waals surface area (Å²) in [6, 6.07) is 27.4. The Morgan fingerprint density at radius 2 is 1.34 bits per heavy atom. The van der Waals surface area contributed by atoms with Gasteiger partial charge in [-0.15, -0.1) is 0 Å². The molecule has 0 saturated carbocycles. The van der Waals surface area contributed by atoms with Crippen LogP contribution in [0.3, 0.4) is 0 Å². The number of anilines is 3. The Morgan fingerprint density at radius 1 is 0.763 bits per heavy atom. The maximum Gasteiger partial charge on any atom is 0.261 e. The van der Waals surface area contributed by atoms with E-state index >= 15 is 0 Å². The lowest BCUT2D eigenvalue weighted by Gasteiger charge is -2.22. The first-order chi connectivity index (χ1) is 18.0. The summed E-state index contributed by atoms with van der Waals surface area (Å²) in [4.78, 5) is 12.8. The topological polar surface area (TPSA) is 113 Å². The Morgan fingerprint density at radius 3 is 1.92 bits per heavy atom. The number of sulfonamides is 2. The average molecular weight is 570 g/mol. The van der Waals surface area contributed by atoms with E-state index in [-0.39, 0.29) is 11.4 Å². The predicted octanol–water partition coefficient (Wildman–Crippen LogP) is 5.36. The molecular formula is C27H24ClN3O5S2. The molecule has 0 saturated heterocycles. The first-order valence-electron chi connectivity index (χ1n) is 11.3. The van der Waals surface area contributed by atoms with Crippen LogP contribution in [0.2, 0.25) is 5.02 Å². The number of rotatable bonds is 9. The Hall–Kier alpha value is -3.86. The lowest BCUT2D eigenvalue weighted by Crippen LogP contribution is -2.29. The van der Waals surface area contributed by atoms with Crippen LogP contribution < -0.4 is 14.3 Å². The number of carbonyl (C=O) groups is 1. The van der Waals surface area contributed by atoms with Crippen LogP contribution in [0.1, 0.15) is 15.9 Å². The number of nitrogens with one attached hydrogen (secondary N) is 2. The van der Waals surface area contributed by atoms with Crippen LogP contribution in [0.25, 0.3) is 0 Å². The van der Waals surface area contributed by atoms with Crippen LogP contribution in [-0.2, 0) is 26.6 Å². The van der Waals surface area contributed by atoms with E-state index < -0.39 is 26.0 Å². The van der Waals surface area contributed by atoms with Crippen LogP contribution in [-0.4, -0.2) is 29.0 Å². The van der Waals surface area contributed by atoms with Gasteiger partial charge in [-0.3, -0.25) is 13.8 Å². The molecule has 0 bridgehead atoms. The van der Waals surface area contributed by atoms with Gasteiger partial charge < -0.3 is 5.32 Å². The van der Waals surface area contributed by atoms with Gasteiger partial charge in [0.15, 0.2) is 0 Å². The van der Waals surface area contributed by atoms with Crippen molar-refractivity contribution in [3.63, 3.8) is 0 Å². The van der Waals surface area contributed by atoms with E-state index in [9.17, 15) is 21.6 Å². The first kappa shape index (κ1) is 27.2. The number of carbonyl (C=O) groups excluding carboxylic acids is 1. The van der Waals surface area contributed by atoms with Crippen molar-refractivity contribution in [1.29, 1.82) is 0 Å². The molecular weight excluding hydrogens is 546 g/mol. The van der Waals surface area contributed by atoms with Gasteiger partial charge in [-0.1, -0.05) is 41.9 Å². The number of halogens is 1. The minimum atomic E-state index is -3.83. The molecule has 0 aliphatic heterocycles. The van der Waals surface area contributed by atoms with E-state index in [1.165, 1.54) is 40.7 Å². The number of amides is 1. The summed E-state index contributed by atoms with van der Waals surface area (Å²) in [5, 5.41) is 3.20. The summed E-state index contributed by atoms with van der Waals surface area (Å²) in [5.74, 6) is -0.430. The largest absolute Gasteiger partial charge is 0.322 e. The molecule has 0 atom stereocenters. The predicted molar refractivity (Wildman–Crippen MR) is 151 cm³/mol. The Labute approximate surface area is 227 Å². The van der Waals surface area contributed by atoms with E-state index in [1.807, 2.05) is 30.3 Å². The minimum absolute atomic E-state index is 0.0223. The molecule has 0 spiro atoms. The highest BCUT2D eigenvalue weighted by molar-refractivity contribution is 7.92.